The summed E-state index contributed by atoms with van der Waals surface area (Å²) in [7, 11) is 1.69. The van der Waals surface area contributed by atoms with Gasteiger partial charge >= 0.3 is 0 Å². The molecule has 31 heavy (non-hydrogen) atoms. The van der Waals surface area contributed by atoms with Gasteiger partial charge in [0.2, 0.25) is 0 Å². The molecule has 2 aromatic rings. The van der Waals surface area contributed by atoms with E-state index in [1.54, 1.807) is 7.11 Å². The normalized spacial score (nSPS) is 11.1. The van der Waals surface area contributed by atoms with E-state index in [1.807, 2.05) is 18.2 Å². The lowest BCUT2D eigenvalue weighted by atomic mass is 10.2. The molecule has 0 saturated carbocycles. The molecule has 0 atom stereocenters. The summed E-state index contributed by atoms with van der Waals surface area (Å²) in [5.74, 6) is 1.50. The molecular formula is C26H39BrN2O2. The Labute approximate surface area is 197 Å². The summed E-state index contributed by atoms with van der Waals surface area (Å²) >= 11 is 3.66. The van der Waals surface area contributed by atoms with Crippen LogP contribution >= 0.6 is 15.9 Å². The number of benzene rings is 2. The molecule has 0 aromatic heterocycles. The zero-order valence-corrected chi connectivity index (χ0v) is 21.0. The molecule has 0 aliphatic carbocycles. The Hall–Kier alpha value is -1.56. The highest BCUT2D eigenvalue weighted by atomic mass is 79.9. The molecule has 0 heterocycles. The zero-order chi connectivity index (χ0) is 22.3. The average molecular weight is 492 g/mol. The highest BCUT2D eigenvalue weighted by Crippen LogP contribution is 2.37. The van der Waals surface area contributed by atoms with E-state index in [2.05, 4.69) is 64.3 Å². The predicted molar refractivity (Wildman–Crippen MR) is 134 cm³/mol. The fourth-order valence-electron chi connectivity index (χ4n) is 3.50. The second-order valence-electron chi connectivity index (χ2n) is 7.96. The molecule has 0 aliphatic heterocycles. The number of halogens is 1. The number of hydrogen-bond acceptors (Lipinski definition) is 4. The van der Waals surface area contributed by atoms with Crippen molar-refractivity contribution in [1.82, 2.24) is 10.2 Å². The van der Waals surface area contributed by atoms with Crippen LogP contribution < -0.4 is 14.8 Å². The van der Waals surface area contributed by atoms with Crippen molar-refractivity contribution in [2.75, 3.05) is 33.3 Å². The zero-order valence-electron chi connectivity index (χ0n) is 19.5. The minimum atomic E-state index is 0.514. The Balaban J connectivity index is 1.81. The van der Waals surface area contributed by atoms with Crippen LogP contribution in [0.15, 0.2) is 46.9 Å². The molecule has 2 aromatic carbocycles. The van der Waals surface area contributed by atoms with Crippen molar-refractivity contribution in [2.24, 2.45) is 0 Å². The first-order chi connectivity index (χ1) is 15.2. The van der Waals surface area contributed by atoms with Gasteiger partial charge in [0.15, 0.2) is 11.5 Å². The third-order valence-corrected chi connectivity index (χ3v) is 5.92. The smallest absolute Gasteiger partial charge is 0.175 e. The molecule has 0 saturated heterocycles. The Morgan fingerprint density at radius 3 is 2.23 bits per heavy atom. The predicted octanol–water partition coefficient (Wildman–Crippen LogP) is 6.42. The van der Waals surface area contributed by atoms with Crippen molar-refractivity contribution in [3.8, 4) is 11.5 Å². The molecule has 2 rings (SSSR count). The highest BCUT2D eigenvalue weighted by Gasteiger charge is 2.12. The number of nitrogens with zero attached hydrogens (tertiary/aromatic N) is 1. The number of rotatable bonds is 16. The number of hydrogen-bond donors (Lipinski definition) is 1. The first kappa shape index (κ1) is 25.7. The number of unbranched alkanes of at least 4 members (excludes halogenated alkanes) is 2. The Kier molecular flexibility index (Phi) is 12.7. The van der Waals surface area contributed by atoms with E-state index in [0.717, 1.165) is 34.6 Å². The van der Waals surface area contributed by atoms with Gasteiger partial charge in [0.25, 0.3) is 0 Å². The van der Waals surface area contributed by atoms with Crippen molar-refractivity contribution in [3.63, 3.8) is 0 Å². The first-order valence-corrected chi connectivity index (χ1v) is 12.4. The van der Waals surface area contributed by atoms with Crippen LogP contribution in [0.2, 0.25) is 0 Å². The van der Waals surface area contributed by atoms with Gasteiger partial charge in [-0.25, -0.2) is 0 Å². The second-order valence-corrected chi connectivity index (χ2v) is 8.82. The first-order valence-electron chi connectivity index (χ1n) is 11.6. The summed E-state index contributed by atoms with van der Waals surface area (Å²) in [5, 5.41) is 3.58. The summed E-state index contributed by atoms with van der Waals surface area (Å²) in [6.07, 6.45) is 6.29. The molecule has 0 spiro atoms. The third kappa shape index (κ3) is 9.63. The fraction of sp³-hybridized carbons (Fsp3) is 0.538. The van der Waals surface area contributed by atoms with Crippen molar-refractivity contribution >= 4 is 15.9 Å². The van der Waals surface area contributed by atoms with Crippen LogP contribution in [0.1, 0.15) is 57.1 Å². The molecular weight excluding hydrogens is 452 g/mol. The number of ether oxygens (including phenoxy) is 2. The van der Waals surface area contributed by atoms with Crippen molar-refractivity contribution in [2.45, 2.75) is 59.1 Å². The van der Waals surface area contributed by atoms with Crippen LogP contribution in [0.4, 0.5) is 0 Å². The van der Waals surface area contributed by atoms with Crippen LogP contribution in [0.3, 0.4) is 0 Å². The lowest BCUT2D eigenvalue weighted by molar-refractivity contribution is 0.261. The summed E-state index contributed by atoms with van der Waals surface area (Å²) in [5.41, 5.74) is 2.32. The van der Waals surface area contributed by atoms with Gasteiger partial charge in [-0.1, -0.05) is 57.0 Å². The molecule has 1 N–H and O–H groups in total. The molecule has 4 nitrogen and oxygen atoms in total. The summed E-state index contributed by atoms with van der Waals surface area (Å²) in [6, 6.07) is 14.3. The lowest BCUT2D eigenvalue weighted by Gasteiger charge is -2.22. The Morgan fingerprint density at radius 1 is 0.903 bits per heavy atom. The minimum Gasteiger partial charge on any atom is -0.493 e. The maximum atomic E-state index is 6.04. The van der Waals surface area contributed by atoms with Gasteiger partial charge in [-0.15, -0.1) is 0 Å². The van der Waals surface area contributed by atoms with Gasteiger partial charge in [-0.05, 0) is 84.6 Å². The minimum absolute atomic E-state index is 0.514. The van der Waals surface area contributed by atoms with E-state index in [0.29, 0.717) is 6.61 Å². The summed E-state index contributed by atoms with van der Waals surface area (Å²) in [6.45, 7) is 10.5. The van der Waals surface area contributed by atoms with Crippen LogP contribution in [0.25, 0.3) is 0 Å². The standard InChI is InChI=1S/C26H39BrN2O2/c1-4-6-15-29(16-7-5-2)17-11-14-28-20-23-18-24(27)26(25(19-23)30-3)31-21-22-12-9-8-10-13-22/h8-10,12-13,18-19,28H,4-7,11,14-17,20-21H2,1-3H3. The van der Waals surface area contributed by atoms with Gasteiger partial charge in [0.1, 0.15) is 6.61 Å². The van der Waals surface area contributed by atoms with E-state index in [1.165, 1.54) is 57.3 Å². The molecule has 0 aliphatic rings. The van der Waals surface area contributed by atoms with Crippen LogP contribution in [-0.4, -0.2) is 38.2 Å². The van der Waals surface area contributed by atoms with Crippen LogP contribution in [-0.2, 0) is 13.2 Å². The topological polar surface area (TPSA) is 33.7 Å². The molecule has 0 amide bonds. The second kappa shape index (κ2) is 15.3. The Bertz CT molecular complexity index is 732. The van der Waals surface area contributed by atoms with E-state index in [9.17, 15) is 0 Å². The Morgan fingerprint density at radius 2 is 1.58 bits per heavy atom. The molecule has 0 fully saturated rings. The van der Waals surface area contributed by atoms with Gasteiger partial charge < -0.3 is 19.7 Å². The van der Waals surface area contributed by atoms with Gasteiger partial charge in [0, 0.05) is 6.54 Å². The van der Waals surface area contributed by atoms with E-state index in [4.69, 9.17) is 9.47 Å². The average Bonchev–Trinajstić information content (AvgIpc) is 2.79. The van der Waals surface area contributed by atoms with Crippen LogP contribution in [0, 0.1) is 0 Å². The molecule has 0 radical (unpaired) electrons. The number of methoxy groups -OCH3 is 1. The van der Waals surface area contributed by atoms with Crippen molar-refractivity contribution in [3.05, 3.63) is 58.1 Å². The quantitative estimate of drug-likeness (QED) is 0.275. The monoisotopic (exact) mass is 490 g/mol. The van der Waals surface area contributed by atoms with E-state index < -0.39 is 0 Å². The lowest BCUT2D eigenvalue weighted by Crippen LogP contribution is -2.29. The van der Waals surface area contributed by atoms with Gasteiger partial charge in [-0.3, -0.25) is 0 Å². The third-order valence-electron chi connectivity index (χ3n) is 5.33. The molecule has 5 heteroatoms. The van der Waals surface area contributed by atoms with Crippen molar-refractivity contribution < 1.29 is 9.47 Å². The molecule has 172 valence electrons. The van der Waals surface area contributed by atoms with Gasteiger partial charge in [0.05, 0.1) is 11.6 Å². The molecule has 0 unspecified atom stereocenters. The van der Waals surface area contributed by atoms with Crippen LogP contribution in [0.5, 0.6) is 11.5 Å². The van der Waals surface area contributed by atoms with Crippen molar-refractivity contribution in [1.29, 1.82) is 0 Å². The van der Waals surface area contributed by atoms with E-state index >= 15 is 0 Å². The maximum Gasteiger partial charge on any atom is 0.175 e. The summed E-state index contributed by atoms with van der Waals surface area (Å²) < 4.78 is 12.6. The van der Waals surface area contributed by atoms with Gasteiger partial charge in [-0.2, -0.15) is 0 Å². The highest BCUT2D eigenvalue weighted by molar-refractivity contribution is 9.10. The SMILES string of the molecule is CCCCN(CCCC)CCCNCc1cc(Br)c(OCc2ccccc2)c(OC)c1. The maximum absolute atomic E-state index is 6.04. The number of nitrogens with one attached hydrogen (secondary N) is 1. The largest absolute Gasteiger partial charge is 0.493 e. The fourth-order valence-corrected chi connectivity index (χ4v) is 4.11. The van der Waals surface area contributed by atoms with E-state index in [-0.39, 0.29) is 0 Å². The summed E-state index contributed by atoms with van der Waals surface area (Å²) in [4.78, 5) is 2.62. The molecule has 0 bridgehead atoms.